The summed E-state index contributed by atoms with van der Waals surface area (Å²) in [5, 5.41) is 10.8. The van der Waals surface area contributed by atoms with Crippen molar-refractivity contribution in [2.75, 3.05) is 11.2 Å². The Morgan fingerprint density at radius 3 is 2.42 bits per heavy atom. The van der Waals surface area contributed by atoms with Crippen molar-refractivity contribution in [3.05, 3.63) is 62.5 Å². The summed E-state index contributed by atoms with van der Waals surface area (Å²) >= 11 is 7.10. The lowest BCUT2D eigenvalue weighted by Gasteiger charge is -2.13. The number of aromatic nitrogens is 4. The lowest BCUT2D eigenvalue weighted by molar-refractivity contribution is 0.302. The quantitative estimate of drug-likeness (QED) is 0.595. The number of anilines is 1. The highest BCUT2D eigenvalue weighted by Gasteiger charge is 2.10. The Labute approximate surface area is 155 Å². The molecule has 0 fully saturated rings. The van der Waals surface area contributed by atoms with Gasteiger partial charge in [-0.05, 0) is 65.5 Å². The number of nitrogens with one attached hydrogen (secondary N) is 1. The second-order valence-corrected chi connectivity index (χ2v) is 6.66. The van der Waals surface area contributed by atoms with Crippen LogP contribution < -0.4 is 15.9 Å². The zero-order chi connectivity index (χ0) is 16.9. The third-order valence-electron chi connectivity index (χ3n) is 3.21. The zero-order valence-electron chi connectivity index (χ0n) is 12.5. The fraction of sp³-hybridized carbons (Fsp3) is 0.133. The highest BCUT2D eigenvalue weighted by Crippen LogP contribution is 2.35. The predicted octanol–water partition coefficient (Wildman–Crippen LogP) is 3.10. The molecule has 0 unspecified atom stereocenters. The van der Waals surface area contributed by atoms with Gasteiger partial charge in [0.2, 0.25) is 0 Å². The van der Waals surface area contributed by atoms with Gasteiger partial charge in [0.15, 0.2) is 0 Å². The van der Waals surface area contributed by atoms with E-state index in [0.717, 1.165) is 25.8 Å². The van der Waals surface area contributed by atoms with Crippen molar-refractivity contribution < 1.29 is 4.74 Å². The van der Waals surface area contributed by atoms with Gasteiger partial charge in [0, 0.05) is 0 Å². The highest BCUT2D eigenvalue weighted by molar-refractivity contribution is 9.11. The average molecular weight is 454 g/mol. The van der Waals surface area contributed by atoms with Crippen molar-refractivity contribution in [2.45, 2.75) is 13.2 Å². The smallest absolute Gasteiger partial charge is 0.260 e. The Morgan fingerprint density at radius 2 is 1.79 bits per heavy atom. The number of hydrogen-bond donors (Lipinski definition) is 2. The molecule has 2 aromatic carbocycles. The lowest BCUT2D eigenvalue weighted by Crippen LogP contribution is -2.18. The summed E-state index contributed by atoms with van der Waals surface area (Å²) in [7, 11) is 0. The number of hydrogen-bond acceptors (Lipinski definition) is 6. The standard InChI is InChI=1S/C15H14Br2N6O/c16-12-6-11(8-19-23-15(18)20-21-22-23)7-13(17)14(12)24-9-10-4-2-1-3-5-10/h1-7,19H,8-9H2,(H2,18,20,22). The molecule has 1 heterocycles. The van der Waals surface area contributed by atoms with E-state index in [1.54, 1.807) is 0 Å². The normalized spacial score (nSPS) is 10.6. The van der Waals surface area contributed by atoms with Crippen molar-refractivity contribution in [2.24, 2.45) is 0 Å². The van der Waals surface area contributed by atoms with Crippen LogP contribution in [0.4, 0.5) is 5.95 Å². The molecule has 3 N–H and O–H groups in total. The van der Waals surface area contributed by atoms with Crippen LogP contribution in [0.3, 0.4) is 0 Å². The number of benzene rings is 2. The van der Waals surface area contributed by atoms with E-state index in [1.807, 2.05) is 42.5 Å². The van der Waals surface area contributed by atoms with Crippen molar-refractivity contribution in [3.63, 3.8) is 0 Å². The molecule has 0 saturated heterocycles. The zero-order valence-corrected chi connectivity index (χ0v) is 15.7. The van der Waals surface area contributed by atoms with Gasteiger partial charge in [0.05, 0.1) is 15.5 Å². The third-order valence-corrected chi connectivity index (χ3v) is 4.39. The van der Waals surface area contributed by atoms with Gasteiger partial charge in [-0.15, -0.1) is 4.79 Å². The van der Waals surface area contributed by atoms with Gasteiger partial charge < -0.3 is 15.9 Å². The van der Waals surface area contributed by atoms with Crippen LogP contribution in [0.25, 0.3) is 0 Å². The molecule has 0 amide bonds. The van der Waals surface area contributed by atoms with Crippen molar-refractivity contribution >= 4 is 37.8 Å². The minimum absolute atomic E-state index is 0.205. The van der Waals surface area contributed by atoms with Crippen LogP contribution in [0.15, 0.2) is 51.4 Å². The number of rotatable bonds is 6. The van der Waals surface area contributed by atoms with E-state index in [4.69, 9.17) is 10.5 Å². The Balaban J connectivity index is 1.68. The van der Waals surface area contributed by atoms with Crippen LogP contribution in [-0.2, 0) is 13.2 Å². The Kier molecular flexibility index (Phi) is 5.31. The molecule has 24 heavy (non-hydrogen) atoms. The molecule has 124 valence electrons. The molecule has 0 aliphatic heterocycles. The van der Waals surface area contributed by atoms with Crippen LogP contribution in [0.2, 0.25) is 0 Å². The summed E-state index contributed by atoms with van der Waals surface area (Å²) in [6, 6.07) is 13.9. The third kappa shape index (κ3) is 4.04. The van der Waals surface area contributed by atoms with E-state index in [-0.39, 0.29) is 5.95 Å². The Bertz CT molecular complexity index is 801. The molecule has 7 nitrogen and oxygen atoms in total. The summed E-state index contributed by atoms with van der Waals surface area (Å²) in [4.78, 5) is 1.32. The molecule has 0 saturated carbocycles. The molecule has 3 aromatic rings. The number of nitrogen functional groups attached to an aromatic ring is 1. The minimum atomic E-state index is 0.205. The molecule has 9 heteroatoms. The number of halogens is 2. The summed E-state index contributed by atoms with van der Waals surface area (Å²) in [6.07, 6.45) is 0. The van der Waals surface area contributed by atoms with Crippen molar-refractivity contribution in [1.29, 1.82) is 0 Å². The molecule has 1 aromatic heterocycles. The first-order valence-electron chi connectivity index (χ1n) is 7.06. The number of tetrazole rings is 1. The van der Waals surface area contributed by atoms with E-state index in [2.05, 4.69) is 52.8 Å². The molecular formula is C15H14Br2N6O. The van der Waals surface area contributed by atoms with Crippen LogP contribution in [0, 0.1) is 0 Å². The molecule has 0 bridgehead atoms. The maximum absolute atomic E-state index is 5.91. The molecule has 0 aliphatic rings. The molecule has 0 aliphatic carbocycles. The van der Waals surface area contributed by atoms with E-state index in [9.17, 15) is 0 Å². The van der Waals surface area contributed by atoms with Crippen molar-refractivity contribution in [3.8, 4) is 5.75 Å². The lowest BCUT2D eigenvalue weighted by atomic mass is 10.2. The summed E-state index contributed by atoms with van der Waals surface area (Å²) in [5.74, 6) is 0.959. The fourth-order valence-corrected chi connectivity index (χ4v) is 3.57. The largest absolute Gasteiger partial charge is 0.487 e. The van der Waals surface area contributed by atoms with Crippen LogP contribution in [0.1, 0.15) is 11.1 Å². The van der Waals surface area contributed by atoms with E-state index in [1.165, 1.54) is 4.79 Å². The predicted molar refractivity (Wildman–Crippen MR) is 97.9 cm³/mol. The van der Waals surface area contributed by atoms with Crippen molar-refractivity contribution in [1.82, 2.24) is 20.3 Å². The number of nitrogens with two attached hydrogens (primary N) is 1. The number of nitrogens with zero attached hydrogens (tertiary/aromatic N) is 4. The minimum Gasteiger partial charge on any atom is -0.487 e. The van der Waals surface area contributed by atoms with Crippen LogP contribution >= 0.6 is 31.9 Å². The first-order chi connectivity index (χ1) is 11.6. The van der Waals surface area contributed by atoms with Gasteiger partial charge >= 0.3 is 0 Å². The van der Waals surface area contributed by atoms with Gasteiger partial charge in [-0.25, -0.2) is 0 Å². The highest BCUT2D eigenvalue weighted by atomic mass is 79.9. The molecule has 3 rings (SSSR count). The van der Waals surface area contributed by atoms with Crippen LogP contribution in [-0.4, -0.2) is 20.3 Å². The second kappa shape index (κ2) is 7.63. The van der Waals surface area contributed by atoms with Gasteiger partial charge in [-0.2, -0.15) is 0 Å². The monoisotopic (exact) mass is 452 g/mol. The molecule has 0 atom stereocenters. The van der Waals surface area contributed by atoms with Gasteiger partial charge in [0.1, 0.15) is 12.4 Å². The molecule has 0 radical (unpaired) electrons. The van der Waals surface area contributed by atoms with E-state index >= 15 is 0 Å². The maximum atomic E-state index is 5.91. The summed E-state index contributed by atoms with van der Waals surface area (Å²) < 4.78 is 7.62. The Hall–Kier alpha value is -2.13. The SMILES string of the molecule is Nc1nnnn1NCc1cc(Br)c(OCc2ccccc2)c(Br)c1. The first kappa shape index (κ1) is 16.7. The molecular weight excluding hydrogens is 440 g/mol. The average Bonchev–Trinajstić information content (AvgIpc) is 2.98. The number of ether oxygens (including phenoxy) is 1. The maximum Gasteiger partial charge on any atom is 0.260 e. The van der Waals surface area contributed by atoms with Crippen LogP contribution in [0.5, 0.6) is 5.75 Å². The van der Waals surface area contributed by atoms with Gasteiger partial charge in [-0.1, -0.05) is 35.4 Å². The van der Waals surface area contributed by atoms with Gasteiger partial charge in [-0.3, -0.25) is 0 Å². The second-order valence-electron chi connectivity index (χ2n) is 4.95. The molecule has 0 spiro atoms. The van der Waals surface area contributed by atoms with E-state index < -0.39 is 0 Å². The van der Waals surface area contributed by atoms with Gasteiger partial charge in [0.25, 0.3) is 5.95 Å². The first-order valence-corrected chi connectivity index (χ1v) is 8.64. The summed E-state index contributed by atoms with van der Waals surface area (Å²) in [5.41, 5.74) is 10.7. The summed E-state index contributed by atoms with van der Waals surface area (Å²) in [6.45, 7) is 1.00. The fourth-order valence-electron chi connectivity index (χ4n) is 2.05. The van der Waals surface area contributed by atoms with E-state index in [0.29, 0.717) is 13.2 Å². The Morgan fingerprint density at radius 1 is 1.08 bits per heavy atom. The topological polar surface area (TPSA) is 90.9 Å².